The predicted molar refractivity (Wildman–Crippen MR) is 84.0 cm³/mol. The molecule has 3 aromatic rings. The largest absolute Gasteiger partial charge is 0.507 e. The molecule has 0 fully saturated rings. The first kappa shape index (κ1) is 13.8. The van der Waals surface area contributed by atoms with E-state index in [0.29, 0.717) is 11.5 Å². The van der Waals surface area contributed by atoms with E-state index in [2.05, 4.69) is 17.4 Å². The van der Waals surface area contributed by atoms with Crippen LogP contribution in [0, 0.1) is 0 Å². The number of fused-ring (bicyclic) bond motifs is 1. The third-order valence-corrected chi connectivity index (χ3v) is 3.25. The molecule has 3 N–H and O–H groups in total. The number of benzene rings is 2. The summed E-state index contributed by atoms with van der Waals surface area (Å²) >= 11 is 0. The molecule has 5 heteroatoms. The van der Waals surface area contributed by atoms with E-state index in [9.17, 15) is 9.90 Å². The molecular formula is C17H14N2O3. The number of furan rings is 1. The Labute approximate surface area is 126 Å². The van der Waals surface area contributed by atoms with Crippen molar-refractivity contribution < 1.29 is 14.3 Å². The predicted octanol–water partition coefficient (Wildman–Crippen LogP) is 3.04. The number of rotatable bonds is 4. The molecule has 2 aromatic carbocycles. The quantitative estimate of drug-likeness (QED) is 0.647. The normalized spacial score (nSPS) is 10.4. The van der Waals surface area contributed by atoms with Gasteiger partial charge in [0.25, 0.3) is 5.91 Å². The second-order valence-corrected chi connectivity index (χ2v) is 4.75. The molecule has 0 radical (unpaired) electrons. The number of hydrogen-bond donors (Lipinski definition) is 3. The molecule has 0 aliphatic carbocycles. The average Bonchev–Trinajstić information content (AvgIpc) is 3.06. The first-order valence-electron chi connectivity index (χ1n) is 6.66. The van der Waals surface area contributed by atoms with Gasteiger partial charge < -0.3 is 9.52 Å². The van der Waals surface area contributed by atoms with Crippen LogP contribution in [0.2, 0.25) is 0 Å². The van der Waals surface area contributed by atoms with Crippen LogP contribution >= 0.6 is 0 Å². The van der Waals surface area contributed by atoms with Crippen molar-refractivity contribution in [3.8, 4) is 5.75 Å². The smallest absolute Gasteiger partial charge is 0.273 e. The Morgan fingerprint density at radius 3 is 2.45 bits per heavy atom. The molecule has 1 aromatic heterocycles. The maximum atomic E-state index is 12.2. The van der Waals surface area contributed by atoms with Gasteiger partial charge in [0.1, 0.15) is 5.75 Å². The van der Waals surface area contributed by atoms with Gasteiger partial charge in [-0.15, -0.1) is 0 Å². The number of amides is 1. The van der Waals surface area contributed by atoms with Gasteiger partial charge in [-0.1, -0.05) is 30.8 Å². The molecule has 3 rings (SSSR count). The highest BCUT2D eigenvalue weighted by Crippen LogP contribution is 2.24. The minimum Gasteiger partial charge on any atom is -0.507 e. The number of hydrazine groups is 1. The minimum absolute atomic E-state index is 0.0818. The summed E-state index contributed by atoms with van der Waals surface area (Å²) in [5, 5.41) is 11.7. The van der Waals surface area contributed by atoms with Crippen LogP contribution in [0.15, 0.2) is 65.8 Å². The van der Waals surface area contributed by atoms with Crippen LogP contribution in [-0.2, 0) is 0 Å². The fourth-order valence-corrected chi connectivity index (χ4v) is 2.12. The fraction of sp³-hybridized carbons (Fsp3) is 0. The van der Waals surface area contributed by atoms with E-state index in [4.69, 9.17) is 4.42 Å². The first-order valence-corrected chi connectivity index (χ1v) is 6.66. The van der Waals surface area contributed by atoms with Crippen molar-refractivity contribution in [2.45, 2.75) is 0 Å². The zero-order valence-corrected chi connectivity index (χ0v) is 11.7. The zero-order chi connectivity index (χ0) is 15.5. The van der Waals surface area contributed by atoms with Crippen LogP contribution < -0.4 is 10.9 Å². The summed E-state index contributed by atoms with van der Waals surface area (Å²) in [5.74, 6) is -0.0272. The van der Waals surface area contributed by atoms with E-state index < -0.39 is 5.91 Å². The summed E-state index contributed by atoms with van der Waals surface area (Å²) in [5.41, 5.74) is 5.74. The monoisotopic (exact) mass is 294 g/mol. The molecule has 5 nitrogen and oxygen atoms in total. The van der Waals surface area contributed by atoms with Gasteiger partial charge in [-0.3, -0.25) is 15.6 Å². The van der Waals surface area contributed by atoms with E-state index in [1.54, 1.807) is 24.3 Å². The molecule has 1 heterocycles. The first-order chi connectivity index (χ1) is 10.6. The zero-order valence-electron chi connectivity index (χ0n) is 11.7. The van der Waals surface area contributed by atoms with Gasteiger partial charge in [0.05, 0.1) is 17.5 Å². The molecule has 0 aliphatic heterocycles. The Kier molecular flexibility index (Phi) is 3.53. The van der Waals surface area contributed by atoms with Crippen LogP contribution in [0.25, 0.3) is 16.5 Å². The molecular weight excluding hydrogens is 280 g/mol. The van der Waals surface area contributed by atoms with Crippen molar-refractivity contribution >= 4 is 22.4 Å². The van der Waals surface area contributed by atoms with Crippen LogP contribution in [0.3, 0.4) is 0 Å². The third kappa shape index (κ3) is 2.64. The summed E-state index contributed by atoms with van der Waals surface area (Å²) in [6, 6.07) is 14.1. The lowest BCUT2D eigenvalue weighted by molar-refractivity contribution is 0.0940. The lowest BCUT2D eigenvalue weighted by Gasteiger charge is -2.11. The number of aromatic hydroxyl groups is 1. The lowest BCUT2D eigenvalue weighted by Crippen LogP contribution is -2.35. The Bertz CT molecular complexity index is 838. The standard InChI is InChI=1S/C17H14N2O3/c1-11(16-7-4-8-22-16)18-19-17(21)14-9-12-5-2-3-6-13(12)10-15(14)20/h2-10,18,20H,1H2,(H,19,21). The molecule has 0 atom stereocenters. The van der Waals surface area contributed by atoms with E-state index >= 15 is 0 Å². The molecule has 110 valence electrons. The molecule has 0 saturated carbocycles. The maximum absolute atomic E-state index is 12.2. The van der Waals surface area contributed by atoms with Crippen LogP contribution in [0.1, 0.15) is 16.1 Å². The van der Waals surface area contributed by atoms with E-state index in [-0.39, 0.29) is 11.3 Å². The number of phenolic OH excluding ortho intramolecular Hbond substituents is 1. The number of hydrogen-bond acceptors (Lipinski definition) is 4. The van der Waals surface area contributed by atoms with Crippen molar-refractivity contribution in [1.82, 2.24) is 10.9 Å². The highest BCUT2D eigenvalue weighted by Gasteiger charge is 2.13. The highest BCUT2D eigenvalue weighted by atomic mass is 16.3. The molecule has 0 unspecified atom stereocenters. The van der Waals surface area contributed by atoms with Crippen molar-refractivity contribution in [2.24, 2.45) is 0 Å². The van der Waals surface area contributed by atoms with Crippen molar-refractivity contribution in [3.05, 3.63) is 72.7 Å². The Morgan fingerprint density at radius 1 is 1.05 bits per heavy atom. The molecule has 0 aliphatic rings. The van der Waals surface area contributed by atoms with Gasteiger partial charge in [0, 0.05) is 0 Å². The SMILES string of the molecule is C=C(NNC(=O)c1cc2ccccc2cc1O)c1ccco1. The fourth-order valence-electron chi connectivity index (χ4n) is 2.12. The van der Waals surface area contributed by atoms with E-state index in [1.165, 1.54) is 6.26 Å². The van der Waals surface area contributed by atoms with Crippen molar-refractivity contribution in [2.75, 3.05) is 0 Å². The molecule has 0 bridgehead atoms. The highest BCUT2D eigenvalue weighted by molar-refractivity contribution is 6.01. The van der Waals surface area contributed by atoms with Gasteiger partial charge in [0.2, 0.25) is 0 Å². The lowest BCUT2D eigenvalue weighted by atomic mass is 10.1. The summed E-state index contributed by atoms with van der Waals surface area (Å²) in [4.78, 5) is 12.2. The molecule has 1 amide bonds. The minimum atomic E-state index is -0.462. The summed E-state index contributed by atoms with van der Waals surface area (Å²) < 4.78 is 5.15. The van der Waals surface area contributed by atoms with Crippen LogP contribution in [0.4, 0.5) is 0 Å². The van der Waals surface area contributed by atoms with Crippen molar-refractivity contribution in [3.63, 3.8) is 0 Å². The maximum Gasteiger partial charge on any atom is 0.273 e. The average molecular weight is 294 g/mol. The molecule has 22 heavy (non-hydrogen) atoms. The summed E-state index contributed by atoms with van der Waals surface area (Å²) in [6.45, 7) is 3.75. The molecule has 0 spiro atoms. The summed E-state index contributed by atoms with van der Waals surface area (Å²) in [7, 11) is 0. The van der Waals surface area contributed by atoms with Gasteiger partial charge in [-0.05, 0) is 35.0 Å². The number of carbonyl (C=O) groups is 1. The van der Waals surface area contributed by atoms with E-state index in [1.807, 2.05) is 24.3 Å². The second-order valence-electron chi connectivity index (χ2n) is 4.75. The van der Waals surface area contributed by atoms with Crippen molar-refractivity contribution in [1.29, 1.82) is 0 Å². The number of phenols is 1. The number of carbonyl (C=O) groups excluding carboxylic acids is 1. The van der Waals surface area contributed by atoms with Gasteiger partial charge >= 0.3 is 0 Å². The summed E-state index contributed by atoms with van der Waals surface area (Å²) in [6.07, 6.45) is 1.51. The third-order valence-electron chi connectivity index (χ3n) is 3.25. The van der Waals surface area contributed by atoms with Gasteiger partial charge in [0.15, 0.2) is 5.76 Å². The second kappa shape index (κ2) is 5.65. The Hall–Kier alpha value is -3.21. The van der Waals surface area contributed by atoms with E-state index in [0.717, 1.165) is 10.8 Å². The van der Waals surface area contributed by atoms with Gasteiger partial charge in [-0.2, -0.15) is 0 Å². The number of nitrogens with one attached hydrogen (secondary N) is 2. The Morgan fingerprint density at radius 2 is 1.77 bits per heavy atom. The topological polar surface area (TPSA) is 74.5 Å². The van der Waals surface area contributed by atoms with Crippen LogP contribution in [0.5, 0.6) is 5.75 Å². The van der Waals surface area contributed by atoms with Gasteiger partial charge in [-0.25, -0.2) is 0 Å². The Balaban J connectivity index is 1.77. The molecule has 0 saturated heterocycles. The van der Waals surface area contributed by atoms with Crippen LogP contribution in [-0.4, -0.2) is 11.0 Å².